The summed E-state index contributed by atoms with van der Waals surface area (Å²) in [5.74, 6) is 0.427. The maximum atomic E-state index is 13.0. The lowest BCUT2D eigenvalue weighted by Crippen LogP contribution is -2.51. The number of rotatable bonds is 7. The van der Waals surface area contributed by atoms with E-state index >= 15 is 0 Å². The van der Waals surface area contributed by atoms with E-state index in [1.807, 2.05) is 47.4 Å². The molecule has 0 radical (unpaired) electrons. The van der Waals surface area contributed by atoms with Gasteiger partial charge in [-0.1, -0.05) is 6.07 Å². The summed E-state index contributed by atoms with van der Waals surface area (Å²) in [6.45, 7) is 6.75. The van der Waals surface area contributed by atoms with Crippen molar-refractivity contribution in [3.8, 4) is 0 Å². The van der Waals surface area contributed by atoms with Gasteiger partial charge in [0.15, 0.2) is 0 Å². The maximum Gasteiger partial charge on any atom is 0.226 e. The van der Waals surface area contributed by atoms with Crippen molar-refractivity contribution in [1.29, 1.82) is 0 Å². The quantitative estimate of drug-likeness (QED) is 0.700. The molecule has 7 heteroatoms. The van der Waals surface area contributed by atoms with Gasteiger partial charge in [-0.2, -0.15) is 5.10 Å². The molecule has 0 bridgehead atoms. The van der Waals surface area contributed by atoms with Gasteiger partial charge in [-0.15, -0.1) is 0 Å². The Bertz CT molecular complexity index is 772. The monoisotopic (exact) mass is 410 g/mol. The fourth-order valence-electron chi connectivity index (χ4n) is 4.84. The van der Waals surface area contributed by atoms with Gasteiger partial charge < -0.3 is 4.90 Å². The van der Waals surface area contributed by atoms with Gasteiger partial charge in [0.1, 0.15) is 0 Å². The van der Waals surface area contributed by atoms with Crippen LogP contribution in [0.4, 0.5) is 0 Å². The van der Waals surface area contributed by atoms with Crippen LogP contribution in [0.15, 0.2) is 43.0 Å². The van der Waals surface area contributed by atoms with Gasteiger partial charge in [0.2, 0.25) is 5.91 Å². The second-order valence-corrected chi connectivity index (χ2v) is 8.73. The topological polar surface area (TPSA) is 57.5 Å². The molecule has 4 heterocycles. The van der Waals surface area contributed by atoms with E-state index in [4.69, 9.17) is 0 Å². The molecule has 4 rings (SSSR count). The Hall–Kier alpha value is -2.25. The zero-order valence-electron chi connectivity index (χ0n) is 18.1. The summed E-state index contributed by atoms with van der Waals surface area (Å²) in [6.07, 6.45) is 12.0. The van der Waals surface area contributed by atoms with Crippen molar-refractivity contribution >= 4 is 5.91 Å². The Morgan fingerprint density at radius 1 is 1.17 bits per heavy atom. The van der Waals surface area contributed by atoms with Crippen LogP contribution in [-0.4, -0.2) is 81.2 Å². The Morgan fingerprint density at radius 3 is 2.77 bits per heavy atom. The first-order chi connectivity index (χ1) is 14.7. The van der Waals surface area contributed by atoms with Crippen molar-refractivity contribution in [2.75, 3.05) is 39.8 Å². The third-order valence-corrected chi connectivity index (χ3v) is 6.60. The lowest BCUT2D eigenvalue weighted by atomic mass is 9.93. The molecular formula is C23H34N6O. The highest BCUT2D eigenvalue weighted by molar-refractivity contribution is 5.78. The van der Waals surface area contributed by atoms with E-state index in [1.165, 1.54) is 18.4 Å². The Morgan fingerprint density at radius 2 is 2.03 bits per heavy atom. The summed E-state index contributed by atoms with van der Waals surface area (Å²) in [5, 5.41) is 4.23. The summed E-state index contributed by atoms with van der Waals surface area (Å²) in [7, 11) is 1.93. The van der Waals surface area contributed by atoms with Gasteiger partial charge in [0.25, 0.3) is 0 Å². The standard InChI is InChI=1S/C23H34N6O/c1-26(15-16-29-12-4-10-25-29)23(30)21-6-3-11-28(19-21)22-7-13-27(14-8-22)18-20-5-2-9-24-17-20/h2,4-5,9-10,12,17,21-22H,3,6-8,11,13-16,18-19H2,1H3/t21-/m1/s1. The van der Waals surface area contributed by atoms with Crippen molar-refractivity contribution in [1.82, 2.24) is 29.5 Å². The highest BCUT2D eigenvalue weighted by Gasteiger charge is 2.32. The molecule has 0 aliphatic carbocycles. The van der Waals surface area contributed by atoms with Crippen LogP contribution < -0.4 is 0 Å². The van der Waals surface area contributed by atoms with Crippen LogP contribution in [0, 0.1) is 5.92 Å². The minimum absolute atomic E-state index is 0.134. The fourth-order valence-corrected chi connectivity index (χ4v) is 4.84. The Balaban J connectivity index is 1.23. The van der Waals surface area contributed by atoms with Crippen molar-refractivity contribution in [3.63, 3.8) is 0 Å². The number of likely N-dealkylation sites (N-methyl/N-ethyl adjacent to an activating group) is 1. The molecule has 30 heavy (non-hydrogen) atoms. The first kappa shape index (κ1) is 21.0. The largest absolute Gasteiger partial charge is 0.344 e. The SMILES string of the molecule is CN(CCn1cccn1)C(=O)[C@@H]1CCCN(C2CCN(Cc3cccnc3)CC2)C1. The Kier molecular flexibility index (Phi) is 7.12. The van der Waals surface area contributed by atoms with Crippen LogP contribution in [0.25, 0.3) is 0 Å². The number of carbonyl (C=O) groups is 1. The zero-order chi connectivity index (χ0) is 20.8. The van der Waals surface area contributed by atoms with Crippen LogP contribution >= 0.6 is 0 Å². The van der Waals surface area contributed by atoms with E-state index in [0.717, 1.165) is 52.1 Å². The van der Waals surface area contributed by atoms with Crippen LogP contribution in [0.5, 0.6) is 0 Å². The second kappa shape index (κ2) is 10.2. The molecule has 7 nitrogen and oxygen atoms in total. The lowest BCUT2D eigenvalue weighted by molar-refractivity contribution is -0.136. The molecule has 2 aliphatic heterocycles. The molecule has 1 amide bonds. The first-order valence-corrected chi connectivity index (χ1v) is 11.3. The van der Waals surface area contributed by atoms with Gasteiger partial charge in [0.05, 0.1) is 12.5 Å². The van der Waals surface area contributed by atoms with E-state index in [-0.39, 0.29) is 5.92 Å². The van der Waals surface area contributed by atoms with Gasteiger partial charge in [-0.25, -0.2) is 0 Å². The second-order valence-electron chi connectivity index (χ2n) is 8.73. The van der Waals surface area contributed by atoms with E-state index in [1.54, 1.807) is 6.20 Å². The number of likely N-dealkylation sites (tertiary alicyclic amines) is 2. The Labute approximate surface area is 179 Å². The third-order valence-electron chi connectivity index (χ3n) is 6.60. The molecule has 2 aliphatic rings. The average Bonchev–Trinajstić information content (AvgIpc) is 3.32. The molecule has 2 fully saturated rings. The minimum Gasteiger partial charge on any atom is -0.344 e. The number of carbonyl (C=O) groups excluding carboxylic acids is 1. The van der Waals surface area contributed by atoms with Gasteiger partial charge in [0, 0.05) is 57.5 Å². The fraction of sp³-hybridized carbons (Fsp3) is 0.609. The summed E-state index contributed by atoms with van der Waals surface area (Å²) in [4.78, 5) is 24.2. The number of aromatic nitrogens is 3. The summed E-state index contributed by atoms with van der Waals surface area (Å²) < 4.78 is 1.89. The molecule has 2 aromatic rings. The van der Waals surface area contributed by atoms with Gasteiger partial charge >= 0.3 is 0 Å². The number of pyridine rings is 1. The van der Waals surface area contributed by atoms with E-state index < -0.39 is 0 Å². The number of hydrogen-bond acceptors (Lipinski definition) is 5. The van der Waals surface area contributed by atoms with Crippen LogP contribution in [-0.2, 0) is 17.9 Å². The number of hydrogen-bond donors (Lipinski definition) is 0. The zero-order valence-corrected chi connectivity index (χ0v) is 18.1. The molecule has 1 atom stereocenters. The van der Waals surface area contributed by atoms with Crippen molar-refractivity contribution < 1.29 is 4.79 Å². The lowest BCUT2D eigenvalue weighted by Gasteiger charge is -2.42. The van der Waals surface area contributed by atoms with Crippen LogP contribution in [0.3, 0.4) is 0 Å². The summed E-state index contributed by atoms with van der Waals surface area (Å²) in [5.41, 5.74) is 1.29. The van der Waals surface area contributed by atoms with Crippen molar-refractivity contribution in [2.45, 2.75) is 44.8 Å². The summed E-state index contributed by atoms with van der Waals surface area (Å²) >= 11 is 0. The van der Waals surface area contributed by atoms with E-state index in [0.29, 0.717) is 18.5 Å². The molecule has 2 aromatic heterocycles. The molecule has 0 saturated carbocycles. The predicted octanol–water partition coefficient (Wildman–Crippen LogP) is 2.11. The van der Waals surface area contributed by atoms with Gasteiger partial charge in [-0.3, -0.25) is 24.3 Å². The number of nitrogens with zero attached hydrogens (tertiary/aromatic N) is 6. The molecule has 0 aromatic carbocycles. The maximum absolute atomic E-state index is 13.0. The van der Waals surface area contributed by atoms with Gasteiger partial charge in [-0.05, 0) is 63.0 Å². The average molecular weight is 411 g/mol. The van der Waals surface area contributed by atoms with Crippen molar-refractivity contribution in [3.05, 3.63) is 48.5 Å². The summed E-state index contributed by atoms with van der Waals surface area (Å²) in [6, 6.07) is 6.70. The molecule has 0 N–H and O–H groups in total. The molecule has 0 unspecified atom stereocenters. The highest BCUT2D eigenvalue weighted by Crippen LogP contribution is 2.25. The smallest absolute Gasteiger partial charge is 0.226 e. The molecule has 2 saturated heterocycles. The number of amides is 1. The highest BCUT2D eigenvalue weighted by atomic mass is 16.2. The first-order valence-electron chi connectivity index (χ1n) is 11.3. The van der Waals surface area contributed by atoms with Crippen LogP contribution in [0.2, 0.25) is 0 Å². The predicted molar refractivity (Wildman–Crippen MR) is 117 cm³/mol. The van der Waals surface area contributed by atoms with E-state index in [2.05, 4.69) is 25.9 Å². The molecular weight excluding hydrogens is 376 g/mol. The minimum atomic E-state index is 0.134. The molecule has 0 spiro atoms. The number of piperidine rings is 2. The normalized spacial score (nSPS) is 21.6. The van der Waals surface area contributed by atoms with E-state index in [9.17, 15) is 4.79 Å². The van der Waals surface area contributed by atoms with Crippen molar-refractivity contribution in [2.24, 2.45) is 5.92 Å². The molecule has 162 valence electrons. The van der Waals surface area contributed by atoms with Crippen LogP contribution in [0.1, 0.15) is 31.2 Å². The third kappa shape index (κ3) is 5.46.